The summed E-state index contributed by atoms with van der Waals surface area (Å²) in [5.74, 6) is 0.912. The maximum Gasteiger partial charge on any atom is 0.271 e. The first-order valence-corrected chi connectivity index (χ1v) is 5.93. The summed E-state index contributed by atoms with van der Waals surface area (Å²) < 4.78 is 28.1. The highest BCUT2D eigenvalue weighted by Crippen LogP contribution is 2.60. The third-order valence-electron chi connectivity index (χ3n) is 3.76. The van der Waals surface area contributed by atoms with E-state index < -0.39 is 10.1 Å². The molecule has 1 heterocycles. The molecule has 0 aromatic rings. The van der Waals surface area contributed by atoms with Gasteiger partial charge in [-0.1, -0.05) is 0 Å². The summed E-state index contributed by atoms with van der Waals surface area (Å²) in [6.45, 7) is 1.95. The van der Waals surface area contributed by atoms with E-state index in [2.05, 4.69) is 0 Å². The molecule has 3 aliphatic rings. The van der Waals surface area contributed by atoms with E-state index in [1.165, 1.54) is 0 Å². The lowest BCUT2D eigenvalue weighted by atomic mass is 9.86. The minimum Gasteiger partial charge on any atom is -0.263 e. The van der Waals surface area contributed by atoms with E-state index in [-0.39, 0.29) is 10.9 Å². The highest BCUT2D eigenvalue weighted by atomic mass is 32.2. The molecule has 0 N–H and O–H groups in total. The average Bonchev–Trinajstić information content (AvgIpc) is 2.41. The molecule has 68 valence electrons. The Hall–Kier alpha value is -0.0900. The van der Waals surface area contributed by atoms with E-state index in [9.17, 15) is 8.42 Å². The molecular weight excluding hydrogens is 176 g/mol. The lowest BCUT2D eigenvalue weighted by Crippen LogP contribution is -2.31. The van der Waals surface area contributed by atoms with Crippen molar-refractivity contribution in [1.82, 2.24) is 0 Å². The van der Waals surface area contributed by atoms with E-state index in [0.29, 0.717) is 11.8 Å². The van der Waals surface area contributed by atoms with Gasteiger partial charge in [0, 0.05) is 5.92 Å². The van der Waals surface area contributed by atoms with Crippen LogP contribution in [0.5, 0.6) is 0 Å². The molecule has 2 aliphatic carbocycles. The molecule has 0 spiro atoms. The van der Waals surface area contributed by atoms with Crippen LogP contribution in [-0.2, 0) is 14.3 Å². The lowest BCUT2D eigenvalue weighted by Gasteiger charge is -2.23. The monoisotopic (exact) mass is 188 g/mol. The molecule has 0 aromatic carbocycles. The zero-order chi connectivity index (χ0) is 8.56. The second-order valence-electron chi connectivity index (χ2n) is 4.58. The molecule has 3 nitrogen and oxygen atoms in total. The first-order chi connectivity index (χ1) is 5.51. The predicted molar refractivity (Wildman–Crippen MR) is 43.0 cm³/mol. The fourth-order valence-electron chi connectivity index (χ4n) is 3.38. The first-order valence-electron chi connectivity index (χ1n) is 4.46. The SMILES string of the molecule is CC12CC3CC1C(C3)S(=O)(=O)O2. The normalized spacial score (nSPS) is 59.6. The van der Waals surface area contributed by atoms with Crippen LogP contribution in [-0.4, -0.2) is 19.3 Å². The smallest absolute Gasteiger partial charge is 0.263 e. The van der Waals surface area contributed by atoms with Crippen molar-refractivity contribution in [3.8, 4) is 0 Å². The van der Waals surface area contributed by atoms with Gasteiger partial charge in [-0.15, -0.1) is 0 Å². The van der Waals surface area contributed by atoms with Crippen molar-refractivity contribution >= 4 is 10.1 Å². The summed E-state index contributed by atoms with van der Waals surface area (Å²) in [5.41, 5.74) is -0.327. The summed E-state index contributed by atoms with van der Waals surface area (Å²) in [6, 6.07) is 0. The topological polar surface area (TPSA) is 43.4 Å². The van der Waals surface area contributed by atoms with E-state index in [0.717, 1.165) is 19.3 Å². The molecule has 0 amide bonds. The van der Waals surface area contributed by atoms with Gasteiger partial charge in [0.2, 0.25) is 0 Å². The van der Waals surface area contributed by atoms with Crippen LogP contribution in [0.25, 0.3) is 0 Å². The van der Waals surface area contributed by atoms with Crippen LogP contribution in [0, 0.1) is 11.8 Å². The Morgan fingerprint density at radius 1 is 1.42 bits per heavy atom. The Kier molecular flexibility index (Phi) is 1.05. The van der Waals surface area contributed by atoms with Crippen LogP contribution in [0.15, 0.2) is 0 Å². The fourth-order valence-corrected chi connectivity index (χ4v) is 5.53. The number of rotatable bonds is 0. The predicted octanol–water partition coefficient (Wildman–Crippen LogP) is 0.904. The second-order valence-corrected chi connectivity index (χ2v) is 6.33. The van der Waals surface area contributed by atoms with E-state index in [1.807, 2.05) is 6.92 Å². The first kappa shape index (κ1) is 7.33. The fraction of sp³-hybridized carbons (Fsp3) is 1.00. The molecule has 3 rings (SSSR count). The molecule has 4 heteroatoms. The van der Waals surface area contributed by atoms with Crippen molar-refractivity contribution in [2.75, 3.05) is 0 Å². The van der Waals surface area contributed by atoms with Gasteiger partial charge < -0.3 is 0 Å². The Morgan fingerprint density at radius 2 is 2.17 bits per heavy atom. The van der Waals surface area contributed by atoms with Crippen molar-refractivity contribution in [3.05, 3.63) is 0 Å². The van der Waals surface area contributed by atoms with Crippen LogP contribution < -0.4 is 0 Å². The Morgan fingerprint density at radius 3 is 2.67 bits per heavy atom. The van der Waals surface area contributed by atoms with Gasteiger partial charge in [-0.25, -0.2) is 0 Å². The molecule has 2 bridgehead atoms. The summed E-state index contributed by atoms with van der Waals surface area (Å²) >= 11 is 0. The highest BCUT2D eigenvalue weighted by molar-refractivity contribution is 7.87. The zero-order valence-electron chi connectivity index (χ0n) is 6.99. The molecule has 0 aromatic heterocycles. The van der Waals surface area contributed by atoms with Gasteiger partial charge in [0.25, 0.3) is 10.1 Å². The quantitative estimate of drug-likeness (QED) is 0.530. The van der Waals surface area contributed by atoms with Crippen LogP contribution >= 0.6 is 0 Å². The summed E-state index contributed by atoms with van der Waals surface area (Å²) in [4.78, 5) is 0. The van der Waals surface area contributed by atoms with Crippen LogP contribution in [0.1, 0.15) is 26.2 Å². The molecule has 12 heavy (non-hydrogen) atoms. The van der Waals surface area contributed by atoms with Gasteiger partial charge in [-0.3, -0.25) is 4.18 Å². The Bertz CT molecular complexity index is 334. The molecule has 1 aliphatic heterocycles. The standard InChI is InChI=1S/C8H12O3S/c1-8-4-5-2-6(8)7(3-5)12(9,10)11-8/h5-7H,2-4H2,1H3. The molecular formula is C8H12O3S. The largest absolute Gasteiger partial charge is 0.271 e. The summed E-state index contributed by atoms with van der Waals surface area (Å²) in [6.07, 6.45) is 2.87. The van der Waals surface area contributed by atoms with Gasteiger partial charge in [0.15, 0.2) is 0 Å². The summed E-state index contributed by atoms with van der Waals surface area (Å²) in [5, 5.41) is -0.166. The third kappa shape index (κ3) is 0.646. The average molecular weight is 188 g/mol. The second kappa shape index (κ2) is 1.73. The summed E-state index contributed by atoms with van der Waals surface area (Å²) in [7, 11) is -3.19. The lowest BCUT2D eigenvalue weighted by molar-refractivity contribution is 0.0784. The van der Waals surface area contributed by atoms with Crippen LogP contribution in [0.2, 0.25) is 0 Å². The maximum absolute atomic E-state index is 11.5. The number of hydrogen-bond acceptors (Lipinski definition) is 3. The van der Waals surface area contributed by atoms with E-state index >= 15 is 0 Å². The molecule has 3 fully saturated rings. The minimum absolute atomic E-state index is 0.166. The van der Waals surface area contributed by atoms with Crippen molar-refractivity contribution in [2.45, 2.75) is 37.0 Å². The molecule has 1 saturated heterocycles. The zero-order valence-corrected chi connectivity index (χ0v) is 7.80. The molecule has 4 atom stereocenters. The highest BCUT2D eigenvalue weighted by Gasteiger charge is 2.65. The molecule has 4 unspecified atom stereocenters. The maximum atomic E-state index is 11.5. The third-order valence-corrected chi connectivity index (χ3v) is 5.63. The van der Waals surface area contributed by atoms with Crippen molar-refractivity contribution < 1.29 is 12.6 Å². The van der Waals surface area contributed by atoms with E-state index in [1.54, 1.807) is 0 Å². The van der Waals surface area contributed by atoms with Gasteiger partial charge >= 0.3 is 0 Å². The van der Waals surface area contributed by atoms with Crippen molar-refractivity contribution in [3.63, 3.8) is 0 Å². The van der Waals surface area contributed by atoms with Gasteiger partial charge in [0.1, 0.15) is 0 Å². The van der Waals surface area contributed by atoms with Crippen molar-refractivity contribution in [2.24, 2.45) is 11.8 Å². The van der Waals surface area contributed by atoms with Crippen molar-refractivity contribution in [1.29, 1.82) is 0 Å². The molecule has 0 radical (unpaired) electrons. The Labute approximate surface area is 72.2 Å². The van der Waals surface area contributed by atoms with Gasteiger partial charge in [-0.05, 0) is 32.1 Å². The van der Waals surface area contributed by atoms with Gasteiger partial charge in [0.05, 0.1) is 10.9 Å². The van der Waals surface area contributed by atoms with Gasteiger partial charge in [-0.2, -0.15) is 8.42 Å². The minimum atomic E-state index is -3.19. The molecule has 2 saturated carbocycles. The van der Waals surface area contributed by atoms with Crippen LogP contribution in [0.4, 0.5) is 0 Å². The number of fused-ring (bicyclic) bond motifs is 1. The number of hydrogen-bond donors (Lipinski definition) is 0. The van der Waals surface area contributed by atoms with E-state index in [4.69, 9.17) is 4.18 Å². The Balaban J connectivity index is 2.18. The van der Waals surface area contributed by atoms with Crippen LogP contribution in [0.3, 0.4) is 0 Å².